The second-order valence-corrected chi connectivity index (χ2v) is 5.57. The van der Waals surface area contributed by atoms with Crippen LogP contribution >= 0.6 is 23.2 Å². The fourth-order valence-corrected chi connectivity index (χ4v) is 2.28. The quantitative estimate of drug-likeness (QED) is 0.413. The van der Waals surface area contributed by atoms with E-state index in [0.717, 1.165) is 6.21 Å². The third-order valence-corrected chi connectivity index (χ3v) is 3.67. The second-order valence-electron chi connectivity index (χ2n) is 4.78. The first-order valence-electron chi connectivity index (χ1n) is 7.11. The van der Waals surface area contributed by atoms with Crippen LogP contribution in [0.15, 0.2) is 17.1 Å². The number of aliphatic imine (C=N–C) groups is 1. The van der Waals surface area contributed by atoms with Gasteiger partial charge in [-0.3, -0.25) is 14.6 Å². The molecule has 0 aliphatic rings. The molecule has 0 bridgehead atoms. The lowest BCUT2D eigenvalue weighted by Gasteiger charge is -2.10. The molecule has 1 rings (SSSR count). The molecule has 0 aliphatic heterocycles. The first-order valence-corrected chi connectivity index (χ1v) is 7.86. The van der Waals surface area contributed by atoms with Crippen LogP contribution in [-0.4, -0.2) is 37.7 Å². The van der Waals surface area contributed by atoms with Crippen LogP contribution in [0.4, 0.5) is 5.69 Å². The van der Waals surface area contributed by atoms with Crippen LogP contribution in [0, 0.1) is 5.92 Å². The molecule has 130 valence electrons. The van der Waals surface area contributed by atoms with Crippen molar-refractivity contribution >= 4 is 52.8 Å². The molecule has 0 spiro atoms. The van der Waals surface area contributed by atoms with Crippen molar-refractivity contribution in [3.8, 4) is 0 Å². The van der Waals surface area contributed by atoms with Gasteiger partial charge in [0, 0.05) is 6.21 Å². The summed E-state index contributed by atoms with van der Waals surface area (Å²) in [6.45, 7) is 3.32. The minimum atomic E-state index is -1.16. The van der Waals surface area contributed by atoms with E-state index < -0.39 is 23.6 Å². The molecule has 24 heavy (non-hydrogen) atoms. The van der Waals surface area contributed by atoms with Gasteiger partial charge in [0.15, 0.2) is 5.92 Å². The summed E-state index contributed by atoms with van der Waals surface area (Å²) >= 11 is 12.2. The summed E-state index contributed by atoms with van der Waals surface area (Å²) in [5.74, 6) is -2.99. The Morgan fingerprint density at radius 3 is 2.50 bits per heavy atom. The van der Waals surface area contributed by atoms with Crippen molar-refractivity contribution in [1.82, 2.24) is 0 Å². The van der Waals surface area contributed by atoms with E-state index in [0.29, 0.717) is 6.42 Å². The Labute approximate surface area is 149 Å². The number of carbonyl (C=O) groups is 3. The van der Waals surface area contributed by atoms with E-state index in [2.05, 4.69) is 9.73 Å². The van der Waals surface area contributed by atoms with Gasteiger partial charge >= 0.3 is 11.9 Å². The Balaban J connectivity index is 3.17. The molecular formula is C16H17Cl2NO5. The van der Waals surface area contributed by atoms with Crippen molar-refractivity contribution in [2.24, 2.45) is 10.9 Å². The van der Waals surface area contributed by atoms with Crippen LogP contribution < -0.4 is 0 Å². The molecule has 1 atom stereocenters. The van der Waals surface area contributed by atoms with Crippen molar-refractivity contribution in [1.29, 1.82) is 0 Å². The maximum Gasteiger partial charge on any atom is 0.341 e. The smallest absolute Gasteiger partial charge is 0.341 e. The number of halogens is 2. The Hall–Kier alpha value is -1.92. The van der Waals surface area contributed by atoms with Gasteiger partial charge in [0.25, 0.3) is 0 Å². The van der Waals surface area contributed by atoms with Crippen LogP contribution in [0.25, 0.3) is 0 Å². The highest BCUT2D eigenvalue weighted by molar-refractivity contribution is 6.41. The number of carbonyl (C=O) groups excluding carboxylic acids is 3. The van der Waals surface area contributed by atoms with Crippen molar-refractivity contribution in [2.45, 2.75) is 20.3 Å². The van der Waals surface area contributed by atoms with Crippen LogP contribution in [0.3, 0.4) is 0 Å². The lowest BCUT2D eigenvalue weighted by Crippen LogP contribution is -2.24. The predicted molar refractivity (Wildman–Crippen MR) is 91.4 cm³/mol. The van der Waals surface area contributed by atoms with Crippen LogP contribution in [-0.2, 0) is 19.1 Å². The van der Waals surface area contributed by atoms with E-state index in [-0.39, 0.29) is 27.9 Å². The molecule has 0 N–H and O–H groups in total. The first-order chi connectivity index (χ1) is 11.3. The van der Waals surface area contributed by atoms with E-state index in [1.54, 1.807) is 0 Å². The predicted octanol–water partition coefficient (Wildman–Crippen LogP) is 3.64. The average molecular weight is 374 g/mol. The Morgan fingerprint density at radius 1 is 1.29 bits per heavy atom. The highest BCUT2D eigenvalue weighted by Crippen LogP contribution is 2.34. The standard InChI is InChI=1S/C16H17Cl2NO5/c1-4-7-24-16(22)13-11(17)5-6-12(14(13)18)19-8-10(9(2)20)15(21)23-3/h5-6,8,10H,4,7H2,1-3H3. The van der Waals surface area contributed by atoms with Crippen molar-refractivity contribution in [3.05, 3.63) is 27.7 Å². The fourth-order valence-electron chi connectivity index (χ4n) is 1.71. The van der Waals surface area contributed by atoms with E-state index in [9.17, 15) is 14.4 Å². The highest BCUT2D eigenvalue weighted by atomic mass is 35.5. The van der Waals surface area contributed by atoms with Crippen LogP contribution in [0.1, 0.15) is 30.6 Å². The molecule has 6 nitrogen and oxygen atoms in total. The Morgan fingerprint density at radius 2 is 1.96 bits per heavy atom. The number of nitrogens with zero attached hydrogens (tertiary/aromatic N) is 1. The average Bonchev–Trinajstić information content (AvgIpc) is 2.54. The zero-order chi connectivity index (χ0) is 18.3. The van der Waals surface area contributed by atoms with Gasteiger partial charge in [-0.1, -0.05) is 30.1 Å². The van der Waals surface area contributed by atoms with E-state index in [1.807, 2.05) is 6.92 Å². The van der Waals surface area contributed by atoms with Gasteiger partial charge in [-0.2, -0.15) is 0 Å². The summed E-state index contributed by atoms with van der Waals surface area (Å²) in [6, 6.07) is 2.90. The molecule has 1 unspecified atom stereocenters. The van der Waals surface area contributed by atoms with E-state index >= 15 is 0 Å². The number of ether oxygens (including phenoxy) is 2. The number of esters is 2. The number of ketones is 1. The number of methoxy groups -OCH3 is 1. The molecule has 0 amide bonds. The SMILES string of the molecule is CCCOC(=O)c1c(Cl)ccc(N=CC(C(C)=O)C(=O)OC)c1Cl. The summed E-state index contributed by atoms with van der Waals surface area (Å²) in [7, 11) is 1.17. The second kappa shape index (κ2) is 9.39. The number of Topliss-reactive ketones (excluding diaryl/α,β-unsaturated/α-hetero) is 1. The summed E-state index contributed by atoms with van der Waals surface area (Å²) in [5, 5.41) is 0.100. The van der Waals surface area contributed by atoms with Gasteiger partial charge < -0.3 is 9.47 Å². The molecule has 0 saturated heterocycles. The van der Waals surface area contributed by atoms with Crippen molar-refractivity contribution < 1.29 is 23.9 Å². The highest BCUT2D eigenvalue weighted by Gasteiger charge is 2.23. The molecule has 0 fully saturated rings. The number of hydrogen-bond acceptors (Lipinski definition) is 6. The summed E-state index contributed by atoms with van der Waals surface area (Å²) in [5.41, 5.74) is 0.165. The molecular weight excluding hydrogens is 357 g/mol. The summed E-state index contributed by atoms with van der Waals surface area (Å²) < 4.78 is 9.56. The lowest BCUT2D eigenvalue weighted by atomic mass is 10.1. The number of hydrogen-bond donors (Lipinski definition) is 0. The molecule has 1 aromatic carbocycles. The minimum Gasteiger partial charge on any atom is -0.468 e. The van der Waals surface area contributed by atoms with Crippen LogP contribution in [0.2, 0.25) is 10.0 Å². The normalized spacial score (nSPS) is 12.0. The van der Waals surface area contributed by atoms with Gasteiger partial charge in [0.1, 0.15) is 5.78 Å². The topological polar surface area (TPSA) is 82.0 Å². The van der Waals surface area contributed by atoms with Crippen molar-refractivity contribution in [2.75, 3.05) is 13.7 Å². The zero-order valence-corrected chi connectivity index (χ0v) is 15.0. The molecule has 0 aliphatic carbocycles. The number of rotatable bonds is 7. The van der Waals surface area contributed by atoms with Gasteiger partial charge in [0.2, 0.25) is 0 Å². The van der Waals surface area contributed by atoms with Crippen LogP contribution in [0.5, 0.6) is 0 Å². The maximum absolute atomic E-state index is 12.0. The molecule has 8 heteroatoms. The monoisotopic (exact) mass is 373 g/mol. The van der Waals surface area contributed by atoms with Gasteiger partial charge in [0.05, 0.1) is 35.0 Å². The number of benzene rings is 1. The molecule has 0 aromatic heterocycles. The zero-order valence-electron chi connectivity index (χ0n) is 13.5. The largest absolute Gasteiger partial charge is 0.468 e. The lowest BCUT2D eigenvalue weighted by molar-refractivity contribution is -0.145. The van der Waals surface area contributed by atoms with Gasteiger partial charge in [-0.05, 0) is 25.5 Å². The van der Waals surface area contributed by atoms with Crippen molar-refractivity contribution in [3.63, 3.8) is 0 Å². The summed E-state index contributed by atoms with van der Waals surface area (Å²) in [4.78, 5) is 39.1. The van der Waals surface area contributed by atoms with Gasteiger partial charge in [-0.15, -0.1) is 0 Å². The molecule has 1 aromatic rings. The fraction of sp³-hybridized carbons (Fsp3) is 0.375. The Bertz CT molecular complexity index is 673. The Kier molecular flexibility index (Phi) is 7.88. The molecule has 0 saturated carbocycles. The minimum absolute atomic E-state index is 0.0149. The molecule has 0 radical (unpaired) electrons. The first kappa shape index (κ1) is 20.1. The molecule has 0 heterocycles. The maximum atomic E-state index is 12.0. The summed E-state index contributed by atoms with van der Waals surface area (Å²) in [6.07, 6.45) is 1.77. The van der Waals surface area contributed by atoms with E-state index in [1.165, 1.54) is 26.2 Å². The third kappa shape index (κ3) is 5.04. The van der Waals surface area contributed by atoms with Gasteiger partial charge in [-0.25, -0.2) is 4.79 Å². The van der Waals surface area contributed by atoms with E-state index in [4.69, 9.17) is 27.9 Å². The third-order valence-electron chi connectivity index (χ3n) is 2.97.